The normalized spacial score (nSPS) is 10.7. The number of nitrogens with zero attached hydrogens (tertiary/aromatic N) is 2. The van der Waals surface area contributed by atoms with Crippen LogP contribution in [-0.4, -0.2) is 16.1 Å². The summed E-state index contributed by atoms with van der Waals surface area (Å²) in [6, 6.07) is 10.0. The van der Waals surface area contributed by atoms with Crippen LogP contribution in [0.4, 0.5) is 5.13 Å². The third kappa shape index (κ3) is 3.49. The third-order valence-corrected chi connectivity index (χ3v) is 3.05. The number of hydrogen-bond donors (Lipinski definition) is 1. The summed E-state index contributed by atoms with van der Waals surface area (Å²) in [5, 5.41) is 12.1. The van der Waals surface area contributed by atoms with Crippen LogP contribution >= 0.6 is 11.3 Å². The Labute approximate surface area is 109 Å². The fourth-order valence-corrected chi connectivity index (χ4v) is 2.22. The highest BCUT2D eigenvalue weighted by Gasteiger charge is 2.06. The van der Waals surface area contributed by atoms with Crippen LogP contribution in [-0.2, 0) is 11.2 Å². The van der Waals surface area contributed by atoms with Gasteiger partial charge in [-0.3, -0.25) is 10.1 Å². The highest BCUT2D eigenvalue weighted by Crippen LogP contribution is 2.18. The van der Waals surface area contributed by atoms with Crippen molar-refractivity contribution in [1.82, 2.24) is 10.2 Å². The molecule has 18 heavy (non-hydrogen) atoms. The van der Waals surface area contributed by atoms with Crippen molar-refractivity contribution >= 4 is 22.4 Å². The maximum absolute atomic E-state index is 11.3. The van der Waals surface area contributed by atoms with E-state index >= 15 is 0 Å². The van der Waals surface area contributed by atoms with Gasteiger partial charge in [0.25, 0.3) is 0 Å². The SMILES string of the molecule is C/C=C/C(=O)Nc1nnc(Cc2ccccc2)s1. The summed E-state index contributed by atoms with van der Waals surface area (Å²) in [4.78, 5) is 11.3. The predicted octanol–water partition coefficient (Wildman–Crippen LogP) is 2.64. The van der Waals surface area contributed by atoms with E-state index in [1.54, 1.807) is 13.0 Å². The molecular formula is C13H13N3OS. The lowest BCUT2D eigenvalue weighted by Crippen LogP contribution is -2.07. The van der Waals surface area contributed by atoms with Crippen LogP contribution < -0.4 is 5.32 Å². The van der Waals surface area contributed by atoms with Gasteiger partial charge in [0.15, 0.2) is 0 Å². The molecule has 1 heterocycles. The first kappa shape index (κ1) is 12.4. The average molecular weight is 259 g/mol. The van der Waals surface area contributed by atoms with Crippen LogP contribution in [0, 0.1) is 0 Å². The van der Waals surface area contributed by atoms with Crippen molar-refractivity contribution in [2.24, 2.45) is 0 Å². The third-order valence-electron chi connectivity index (χ3n) is 2.21. The summed E-state index contributed by atoms with van der Waals surface area (Å²) in [6.45, 7) is 1.79. The first-order chi connectivity index (χ1) is 8.78. The Balaban J connectivity index is 2.00. The van der Waals surface area contributed by atoms with Crippen molar-refractivity contribution < 1.29 is 4.79 Å². The Hall–Kier alpha value is -2.01. The smallest absolute Gasteiger partial charge is 0.249 e. The van der Waals surface area contributed by atoms with E-state index in [0.29, 0.717) is 5.13 Å². The average Bonchev–Trinajstić information content (AvgIpc) is 2.78. The summed E-state index contributed by atoms with van der Waals surface area (Å²) in [7, 11) is 0. The van der Waals surface area contributed by atoms with Crippen LogP contribution in [0.2, 0.25) is 0 Å². The molecule has 0 aliphatic carbocycles. The molecule has 0 saturated carbocycles. The summed E-state index contributed by atoms with van der Waals surface area (Å²) in [5.74, 6) is -0.181. The lowest BCUT2D eigenvalue weighted by Gasteiger charge is -1.95. The van der Waals surface area contributed by atoms with Crippen molar-refractivity contribution in [1.29, 1.82) is 0 Å². The quantitative estimate of drug-likeness (QED) is 0.859. The molecule has 2 aromatic rings. The van der Waals surface area contributed by atoms with Gasteiger partial charge in [-0.2, -0.15) is 0 Å². The van der Waals surface area contributed by atoms with Gasteiger partial charge in [0.05, 0.1) is 0 Å². The Morgan fingerprint density at radius 1 is 1.33 bits per heavy atom. The number of hydrogen-bond acceptors (Lipinski definition) is 4. The van der Waals surface area contributed by atoms with Crippen molar-refractivity contribution in [2.45, 2.75) is 13.3 Å². The van der Waals surface area contributed by atoms with Gasteiger partial charge in [-0.05, 0) is 18.6 Å². The number of carbonyl (C=O) groups is 1. The van der Waals surface area contributed by atoms with E-state index in [1.165, 1.54) is 23.0 Å². The Morgan fingerprint density at radius 2 is 2.11 bits per heavy atom. The molecule has 5 heteroatoms. The molecule has 92 valence electrons. The summed E-state index contributed by atoms with van der Waals surface area (Å²) >= 11 is 1.39. The molecule has 0 radical (unpaired) electrons. The van der Waals surface area contributed by atoms with Crippen molar-refractivity contribution in [3.05, 3.63) is 53.1 Å². The van der Waals surface area contributed by atoms with E-state index < -0.39 is 0 Å². The monoisotopic (exact) mass is 259 g/mol. The molecule has 0 saturated heterocycles. The Kier molecular flexibility index (Phi) is 4.20. The number of benzene rings is 1. The number of nitrogens with one attached hydrogen (secondary N) is 1. The molecule has 0 spiro atoms. The van der Waals surface area contributed by atoms with Gasteiger partial charge in [0.2, 0.25) is 11.0 Å². The zero-order chi connectivity index (χ0) is 12.8. The van der Waals surface area contributed by atoms with Gasteiger partial charge in [-0.25, -0.2) is 0 Å². The second-order valence-corrected chi connectivity index (χ2v) is 4.71. The van der Waals surface area contributed by atoms with E-state index in [1.807, 2.05) is 30.3 Å². The largest absolute Gasteiger partial charge is 0.297 e. The fraction of sp³-hybridized carbons (Fsp3) is 0.154. The van der Waals surface area contributed by atoms with E-state index in [4.69, 9.17) is 0 Å². The first-order valence-corrected chi connectivity index (χ1v) is 6.39. The Bertz CT molecular complexity index is 548. The number of rotatable bonds is 4. The minimum Gasteiger partial charge on any atom is -0.297 e. The second kappa shape index (κ2) is 6.07. The van der Waals surface area contributed by atoms with E-state index in [2.05, 4.69) is 15.5 Å². The highest BCUT2D eigenvalue weighted by molar-refractivity contribution is 7.15. The maximum atomic E-state index is 11.3. The van der Waals surface area contributed by atoms with Crippen LogP contribution in [0.5, 0.6) is 0 Å². The van der Waals surface area contributed by atoms with E-state index in [9.17, 15) is 4.79 Å². The van der Waals surface area contributed by atoms with Crippen molar-refractivity contribution in [3.8, 4) is 0 Å². The highest BCUT2D eigenvalue weighted by atomic mass is 32.1. The van der Waals surface area contributed by atoms with Crippen LogP contribution in [0.25, 0.3) is 0 Å². The molecule has 2 rings (SSSR count). The van der Waals surface area contributed by atoms with Crippen LogP contribution in [0.15, 0.2) is 42.5 Å². The molecule has 1 N–H and O–H groups in total. The van der Waals surface area contributed by atoms with Gasteiger partial charge in [0, 0.05) is 6.42 Å². The molecule has 0 bridgehead atoms. The van der Waals surface area contributed by atoms with Gasteiger partial charge < -0.3 is 0 Å². The number of aromatic nitrogens is 2. The summed E-state index contributed by atoms with van der Waals surface area (Å²) in [6.07, 6.45) is 3.87. The minimum absolute atomic E-state index is 0.181. The van der Waals surface area contributed by atoms with Crippen LogP contribution in [0.1, 0.15) is 17.5 Å². The Morgan fingerprint density at radius 3 is 2.83 bits per heavy atom. The van der Waals surface area contributed by atoms with Gasteiger partial charge in [-0.1, -0.05) is 47.7 Å². The van der Waals surface area contributed by atoms with Gasteiger partial charge >= 0.3 is 0 Å². The molecule has 0 atom stereocenters. The molecule has 0 unspecified atom stereocenters. The first-order valence-electron chi connectivity index (χ1n) is 5.58. The number of allylic oxidation sites excluding steroid dienone is 1. The topological polar surface area (TPSA) is 54.9 Å². The molecule has 1 aromatic heterocycles. The minimum atomic E-state index is -0.181. The maximum Gasteiger partial charge on any atom is 0.249 e. The zero-order valence-corrected chi connectivity index (χ0v) is 10.8. The molecule has 0 aliphatic rings. The fourth-order valence-electron chi connectivity index (χ4n) is 1.44. The van der Waals surface area contributed by atoms with E-state index in [0.717, 1.165) is 11.4 Å². The molecule has 1 amide bonds. The van der Waals surface area contributed by atoms with Crippen LogP contribution in [0.3, 0.4) is 0 Å². The van der Waals surface area contributed by atoms with Crippen molar-refractivity contribution in [3.63, 3.8) is 0 Å². The molecule has 1 aromatic carbocycles. The number of anilines is 1. The summed E-state index contributed by atoms with van der Waals surface area (Å²) in [5.41, 5.74) is 1.18. The van der Waals surface area contributed by atoms with Gasteiger partial charge in [0.1, 0.15) is 5.01 Å². The molecular weight excluding hydrogens is 246 g/mol. The van der Waals surface area contributed by atoms with E-state index in [-0.39, 0.29) is 5.91 Å². The lowest BCUT2D eigenvalue weighted by molar-refractivity contribution is -0.111. The lowest BCUT2D eigenvalue weighted by atomic mass is 10.2. The number of amides is 1. The molecule has 0 fully saturated rings. The standard InChI is InChI=1S/C13H13N3OS/c1-2-6-11(17)14-13-16-15-12(18-13)9-10-7-4-3-5-8-10/h2-8H,9H2,1H3,(H,14,16,17)/b6-2+. The van der Waals surface area contributed by atoms with Crippen molar-refractivity contribution in [2.75, 3.05) is 5.32 Å². The number of carbonyl (C=O) groups excluding carboxylic acids is 1. The summed E-state index contributed by atoms with van der Waals surface area (Å²) < 4.78 is 0. The molecule has 4 nitrogen and oxygen atoms in total. The molecule has 0 aliphatic heterocycles. The zero-order valence-electron chi connectivity index (χ0n) is 9.96. The second-order valence-electron chi connectivity index (χ2n) is 3.65. The predicted molar refractivity (Wildman–Crippen MR) is 72.6 cm³/mol. The van der Waals surface area contributed by atoms with Gasteiger partial charge in [-0.15, -0.1) is 10.2 Å².